The third-order valence-corrected chi connectivity index (χ3v) is 2.89. The number of rotatable bonds is 5. The van der Waals surface area contributed by atoms with Crippen molar-refractivity contribution in [1.82, 2.24) is 4.90 Å². The number of hydrogen-bond donors (Lipinski definition) is 1. The van der Waals surface area contributed by atoms with Gasteiger partial charge in [-0.1, -0.05) is 18.5 Å². The third kappa shape index (κ3) is 2.90. The molecule has 1 N–H and O–H groups in total. The fraction of sp³-hybridized carbons (Fsp3) is 0.417. The van der Waals surface area contributed by atoms with Crippen molar-refractivity contribution in [2.45, 2.75) is 19.1 Å². The zero-order chi connectivity index (χ0) is 13.1. The molecule has 1 aromatic carbocycles. The van der Waals surface area contributed by atoms with E-state index in [0.717, 1.165) is 0 Å². The van der Waals surface area contributed by atoms with Gasteiger partial charge in [-0.15, -0.1) is 0 Å². The van der Waals surface area contributed by atoms with Crippen LogP contribution in [-0.4, -0.2) is 35.8 Å². The maximum Gasteiger partial charge on any atom is 0.364 e. The van der Waals surface area contributed by atoms with Crippen LogP contribution in [0.25, 0.3) is 0 Å². The van der Waals surface area contributed by atoms with Crippen LogP contribution in [0, 0.1) is 0 Å². The number of likely N-dealkylation sites (N-methyl/N-ethyl adjacent to an activating group) is 1. The number of halogens is 1. The number of benzene rings is 1. The lowest BCUT2D eigenvalue weighted by Gasteiger charge is -2.35. The number of carbonyl (C=O) groups is 1. The first-order chi connectivity index (χ1) is 7.92. The van der Waals surface area contributed by atoms with Crippen molar-refractivity contribution in [3.63, 3.8) is 0 Å². The predicted octanol–water partition coefficient (Wildman–Crippen LogP) is 2.47. The van der Waals surface area contributed by atoms with Crippen LogP contribution in [0.5, 0.6) is 5.75 Å². The molecule has 0 aromatic heterocycles. The van der Waals surface area contributed by atoms with Crippen molar-refractivity contribution >= 4 is 17.6 Å². The molecular weight excluding hydrogens is 242 g/mol. The number of ether oxygens (including phenoxy) is 1. The van der Waals surface area contributed by atoms with Crippen LogP contribution < -0.4 is 4.74 Å². The predicted molar refractivity (Wildman–Crippen MR) is 66.4 cm³/mol. The summed E-state index contributed by atoms with van der Waals surface area (Å²) in [5, 5.41) is 9.90. The van der Waals surface area contributed by atoms with E-state index in [1.807, 2.05) is 0 Å². The van der Waals surface area contributed by atoms with Crippen molar-refractivity contribution in [2.24, 2.45) is 0 Å². The second-order valence-corrected chi connectivity index (χ2v) is 4.33. The van der Waals surface area contributed by atoms with Gasteiger partial charge in [-0.25, -0.2) is 4.79 Å². The summed E-state index contributed by atoms with van der Waals surface area (Å²) >= 11 is 5.76. The fourth-order valence-corrected chi connectivity index (χ4v) is 1.69. The van der Waals surface area contributed by atoms with Gasteiger partial charge in [0.1, 0.15) is 5.75 Å². The monoisotopic (exact) mass is 257 g/mol. The Morgan fingerprint density at radius 1 is 1.41 bits per heavy atom. The Hall–Kier alpha value is -1.26. The Labute approximate surface area is 106 Å². The van der Waals surface area contributed by atoms with E-state index < -0.39 is 11.7 Å². The lowest BCUT2D eigenvalue weighted by molar-refractivity contribution is -0.172. The molecule has 0 fully saturated rings. The molecule has 4 nitrogen and oxygen atoms in total. The first-order valence-corrected chi connectivity index (χ1v) is 5.65. The van der Waals surface area contributed by atoms with Gasteiger partial charge in [-0.05, 0) is 38.4 Å². The van der Waals surface area contributed by atoms with Gasteiger partial charge in [-0.2, -0.15) is 0 Å². The normalized spacial score (nSPS) is 14.4. The molecule has 0 heterocycles. The second kappa shape index (κ2) is 5.38. The summed E-state index contributed by atoms with van der Waals surface area (Å²) in [5.74, 6) is -0.535. The minimum absolute atomic E-state index is 0.331. The molecule has 1 aromatic rings. The van der Waals surface area contributed by atoms with Crippen molar-refractivity contribution in [1.29, 1.82) is 0 Å². The van der Waals surface area contributed by atoms with E-state index in [0.29, 0.717) is 17.2 Å². The van der Waals surface area contributed by atoms with Crippen LogP contribution in [0.3, 0.4) is 0 Å². The van der Waals surface area contributed by atoms with Crippen molar-refractivity contribution < 1.29 is 14.6 Å². The van der Waals surface area contributed by atoms with Crippen LogP contribution >= 0.6 is 11.6 Å². The SMILES string of the molecule is CCC(Oc1ccc(Cl)cc1)(C(=O)O)N(C)C. The minimum atomic E-state index is -1.35. The molecular formula is C12H16ClNO3. The van der Waals surface area contributed by atoms with Crippen LogP contribution in [0.15, 0.2) is 24.3 Å². The standard InChI is InChI=1S/C12H16ClNO3/c1-4-12(11(15)16,14(2)3)17-10-7-5-9(13)6-8-10/h5-8H,4H2,1-3H3,(H,15,16). The zero-order valence-corrected chi connectivity index (χ0v) is 10.9. The molecule has 0 saturated heterocycles. The molecule has 0 amide bonds. The van der Waals surface area contributed by atoms with Gasteiger partial charge in [0.05, 0.1) is 0 Å². The molecule has 0 aliphatic rings. The number of aliphatic carboxylic acids is 1. The summed E-state index contributed by atoms with van der Waals surface area (Å²) in [4.78, 5) is 12.9. The van der Waals surface area contributed by atoms with Crippen LogP contribution in [0.2, 0.25) is 5.02 Å². The van der Waals surface area contributed by atoms with Gasteiger partial charge in [0.2, 0.25) is 0 Å². The molecule has 5 heteroatoms. The lowest BCUT2D eigenvalue weighted by atomic mass is 10.1. The van der Waals surface area contributed by atoms with Crippen LogP contribution in [0.4, 0.5) is 0 Å². The Morgan fingerprint density at radius 3 is 2.29 bits per heavy atom. The molecule has 1 unspecified atom stereocenters. The molecule has 0 spiro atoms. The minimum Gasteiger partial charge on any atom is -0.477 e. The number of carboxylic acids is 1. The number of carboxylic acid groups (broad SMARTS) is 1. The topological polar surface area (TPSA) is 49.8 Å². The number of nitrogens with zero attached hydrogens (tertiary/aromatic N) is 1. The summed E-state index contributed by atoms with van der Waals surface area (Å²) in [7, 11) is 3.35. The first kappa shape index (κ1) is 13.8. The van der Waals surface area contributed by atoms with E-state index in [-0.39, 0.29) is 0 Å². The molecule has 94 valence electrons. The number of hydrogen-bond acceptors (Lipinski definition) is 3. The molecule has 0 aliphatic carbocycles. The Balaban J connectivity index is 3.01. The van der Waals surface area contributed by atoms with E-state index in [1.54, 1.807) is 50.2 Å². The van der Waals surface area contributed by atoms with Gasteiger partial charge in [0, 0.05) is 11.4 Å². The largest absolute Gasteiger partial charge is 0.477 e. The average Bonchev–Trinajstić information content (AvgIpc) is 2.27. The highest BCUT2D eigenvalue weighted by Gasteiger charge is 2.41. The lowest BCUT2D eigenvalue weighted by Crippen LogP contribution is -2.55. The van der Waals surface area contributed by atoms with Crippen molar-refractivity contribution in [3.05, 3.63) is 29.3 Å². The molecule has 0 aliphatic heterocycles. The van der Waals surface area contributed by atoms with Crippen LogP contribution in [-0.2, 0) is 4.79 Å². The van der Waals surface area contributed by atoms with E-state index in [4.69, 9.17) is 16.3 Å². The molecule has 0 saturated carbocycles. The molecule has 0 radical (unpaired) electrons. The third-order valence-electron chi connectivity index (χ3n) is 2.64. The summed E-state index contributed by atoms with van der Waals surface area (Å²) in [6.07, 6.45) is 0.331. The molecule has 1 rings (SSSR count). The average molecular weight is 258 g/mol. The van der Waals surface area contributed by atoms with E-state index in [1.165, 1.54) is 0 Å². The van der Waals surface area contributed by atoms with Gasteiger partial charge in [0.25, 0.3) is 5.72 Å². The Bertz CT molecular complexity index is 391. The maximum atomic E-state index is 11.4. The van der Waals surface area contributed by atoms with Gasteiger partial charge in [0.15, 0.2) is 0 Å². The maximum absolute atomic E-state index is 11.4. The highest BCUT2D eigenvalue weighted by atomic mass is 35.5. The Kier molecular flexibility index (Phi) is 4.37. The van der Waals surface area contributed by atoms with Crippen molar-refractivity contribution in [3.8, 4) is 5.75 Å². The fourth-order valence-electron chi connectivity index (χ4n) is 1.56. The molecule has 0 bridgehead atoms. The zero-order valence-electron chi connectivity index (χ0n) is 10.1. The van der Waals surface area contributed by atoms with Crippen molar-refractivity contribution in [2.75, 3.05) is 14.1 Å². The summed E-state index contributed by atoms with van der Waals surface area (Å²) in [6, 6.07) is 6.63. The van der Waals surface area contributed by atoms with E-state index in [9.17, 15) is 9.90 Å². The highest BCUT2D eigenvalue weighted by Crippen LogP contribution is 2.25. The van der Waals surface area contributed by atoms with Gasteiger partial charge < -0.3 is 9.84 Å². The second-order valence-electron chi connectivity index (χ2n) is 3.89. The summed E-state index contributed by atoms with van der Waals surface area (Å²) in [5.41, 5.74) is -1.35. The Morgan fingerprint density at radius 2 is 1.94 bits per heavy atom. The quantitative estimate of drug-likeness (QED) is 0.824. The summed E-state index contributed by atoms with van der Waals surface area (Å²) < 4.78 is 5.60. The first-order valence-electron chi connectivity index (χ1n) is 5.28. The highest BCUT2D eigenvalue weighted by molar-refractivity contribution is 6.30. The van der Waals surface area contributed by atoms with E-state index in [2.05, 4.69) is 0 Å². The van der Waals surface area contributed by atoms with Gasteiger partial charge >= 0.3 is 5.97 Å². The van der Waals surface area contributed by atoms with Crippen LogP contribution in [0.1, 0.15) is 13.3 Å². The molecule has 17 heavy (non-hydrogen) atoms. The summed E-state index contributed by atoms with van der Waals surface area (Å²) in [6.45, 7) is 1.77. The van der Waals surface area contributed by atoms with E-state index >= 15 is 0 Å². The molecule has 1 atom stereocenters. The smallest absolute Gasteiger partial charge is 0.364 e. The van der Waals surface area contributed by atoms with Gasteiger partial charge in [-0.3, -0.25) is 4.90 Å².